The summed E-state index contributed by atoms with van der Waals surface area (Å²) in [6.07, 6.45) is 0. The molecule has 1 N–H and O–H groups in total. The molecule has 1 heterocycles. The maximum absolute atomic E-state index is 10.4. The summed E-state index contributed by atoms with van der Waals surface area (Å²) in [4.78, 5) is 12.2. The molecule has 0 aliphatic heterocycles. The molecule has 0 fully saturated rings. The normalized spacial score (nSPS) is 9.55. The first kappa shape index (κ1) is 8.01. The zero-order chi connectivity index (χ0) is 8.43. The maximum atomic E-state index is 10.4. The Labute approximate surface area is 68.8 Å². The third kappa shape index (κ3) is 1.68. The van der Waals surface area contributed by atoms with Gasteiger partial charge in [0.1, 0.15) is 0 Å². The first-order valence-corrected chi connectivity index (χ1v) is 3.92. The summed E-state index contributed by atoms with van der Waals surface area (Å²) >= 11 is 1.44. The minimum absolute atomic E-state index is 0.170. The van der Waals surface area contributed by atoms with Crippen LogP contribution in [0.5, 0.6) is 0 Å². The summed E-state index contributed by atoms with van der Waals surface area (Å²) in [7, 11) is 0. The Morgan fingerprint density at radius 1 is 1.64 bits per heavy atom. The Balaban J connectivity index is 2.94. The predicted octanol–water partition coefficient (Wildman–Crippen LogP) is 2.15. The molecule has 0 aliphatic carbocycles. The van der Waals surface area contributed by atoms with Crippen LogP contribution in [0.25, 0.3) is 5.57 Å². The molecule has 0 saturated heterocycles. The molecule has 0 amide bonds. The van der Waals surface area contributed by atoms with Gasteiger partial charge in [-0.25, -0.2) is 4.79 Å². The molecule has 0 radical (unpaired) electrons. The molecule has 11 heavy (non-hydrogen) atoms. The summed E-state index contributed by atoms with van der Waals surface area (Å²) in [6.45, 7) is 5.38. The average Bonchev–Trinajstić information content (AvgIpc) is 2.34. The van der Waals surface area contributed by atoms with Crippen LogP contribution in [0.2, 0.25) is 0 Å². The van der Waals surface area contributed by atoms with Gasteiger partial charge in [0.2, 0.25) is 0 Å². The molecule has 0 aromatic carbocycles. The van der Waals surface area contributed by atoms with Gasteiger partial charge in [-0.2, -0.15) is 0 Å². The van der Waals surface area contributed by atoms with Gasteiger partial charge >= 0.3 is 5.97 Å². The monoisotopic (exact) mass is 168 g/mol. The van der Waals surface area contributed by atoms with Crippen LogP contribution in [0.15, 0.2) is 18.7 Å². The van der Waals surface area contributed by atoms with Gasteiger partial charge in [-0.15, -0.1) is 11.3 Å². The Kier molecular flexibility index (Phi) is 2.10. The summed E-state index contributed by atoms with van der Waals surface area (Å²) in [6, 6.07) is 3.66. The highest BCUT2D eigenvalue weighted by atomic mass is 32.1. The third-order valence-corrected chi connectivity index (χ3v) is 2.36. The molecule has 1 aromatic heterocycles. The van der Waals surface area contributed by atoms with E-state index >= 15 is 0 Å². The molecule has 0 saturated carbocycles. The molecule has 2 nitrogen and oxygen atoms in total. The topological polar surface area (TPSA) is 37.3 Å². The van der Waals surface area contributed by atoms with Gasteiger partial charge in [0.25, 0.3) is 0 Å². The maximum Gasteiger partial charge on any atom is 0.336 e. The molecule has 3 heteroatoms. The second-order valence-corrected chi connectivity index (χ2v) is 3.48. The minimum atomic E-state index is -0.952. The second-order valence-electron chi connectivity index (χ2n) is 2.19. The summed E-state index contributed by atoms with van der Waals surface area (Å²) in [5, 5.41) is 8.55. The Morgan fingerprint density at radius 2 is 2.27 bits per heavy atom. The number of thiophene rings is 1. The molecular weight excluding hydrogens is 160 g/mol. The van der Waals surface area contributed by atoms with Crippen LogP contribution in [0, 0.1) is 6.92 Å². The van der Waals surface area contributed by atoms with E-state index in [1.807, 2.05) is 13.0 Å². The van der Waals surface area contributed by atoms with Crippen LogP contribution in [-0.2, 0) is 4.79 Å². The molecule has 0 spiro atoms. The number of carbonyl (C=O) groups is 1. The first-order valence-electron chi connectivity index (χ1n) is 3.10. The molecular formula is C8H8O2S. The Hall–Kier alpha value is -1.09. The molecule has 0 unspecified atom stereocenters. The van der Waals surface area contributed by atoms with Crippen molar-refractivity contribution in [2.45, 2.75) is 6.92 Å². The van der Waals surface area contributed by atoms with Crippen molar-refractivity contribution in [3.05, 3.63) is 28.5 Å². The second kappa shape index (κ2) is 2.88. The fraction of sp³-hybridized carbons (Fsp3) is 0.125. The lowest BCUT2D eigenvalue weighted by Crippen LogP contribution is -1.94. The van der Waals surface area contributed by atoms with Crippen LogP contribution in [-0.4, -0.2) is 11.1 Å². The number of aryl methyl sites for hydroxylation is 1. The largest absolute Gasteiger partial charge is 0.478 e. The van der Waals surface area contributed by atoms with Crippen molar-refractivity contribution >= 4 is 22.9 Å². The lowest BCUT2D eigenvalue weighted by Gasteiger charge is -1.92. The molecule has 0 aliphatic rings. The predicted molar refractivity (Wildman–Crippen MR) is 45.7 cm³/mol. The number of hydrogen-bond donors (Lipinski definition) is 1. The van der Waals surface area contributed by atoms with Crippen molar-refractivity contribution in [1.29, 1.82) is 0 Å². The van der Waals surface area contributed by atoms with Crippen molar-refractivity contribution in [1.82, 2.24) is 0 Å². The molecule has 1 rings (SSSR count). The van der Waals surface area contributed by atoms with E-state index in [0.29, 0.717) is 0 Å². The quantitative estimate of drug-likeness (QED) is 0.687. The van der Waals surface area contributed by atoms with Crippen molar-refractivity contribution in [2.75, 3.05) is 0 Å². The van der Waals surface area contributed by atoms with E-state index in [2.05, 4.69) is 6.58 Å². The van der Waals surface area contributed by atoms with E-state index < -0.39 is 5.97 Å². The van der Waals surface area contributed by atoms with Gasteiger partial charge in [-0.3, -0.25) is 0 Å². The Bertz CT molecular complexity index is 299. The van der Waals surface area contributed by atoms with Crippen LogP contribution in [0.1, 0.15) is 9.75 Å². The zero-order valence-electron chi connectivity index (χ0n) is 6.13. The molecule has 1 aromatic rings. The van der Waals surface area contributed by atoms with Gasteiger partial charge < -0.3 is 5.11 Å². The fourth-order valence-electron chi connectivity index (χ4n) is 0.702. The van der Waals surface area contributed by atoms with Crippen molar-refractivity contribution in [3.63, 3.8) is 0 Å². The highest BCUT2D eigenvalue weighted by Crippen LogP contribution is 2.22. The van der Waals surface area contributed by atoms with E-state index in [1.165, 1.54) is 11.3 Å². The van der Waals surface area contributed by atoms with Crippen molar-refractivity contribution < 1.29 is 9.90 Å². The van der Waals surface area contributed by atoms with Gasteiger partial charge in [-0.05, 0) is 19.1 Å². The van der Waals surface area contributed by atoms with Crippen LogP contribution < -0.4 is 0 Å². The number of carboxylic acid groups (broad SMARTS) is 1. The highest BCUT2D eigenvalue weighted by Gasteiger charge is 2.07. The van der Waals surface area contributed by atoms with Crippen molar-refractivity contribution in [3.8, 4) is 0 Å². The highest BCUT2D eigenvalue weighted by molar-refractivity contribution is 7.13. The number of hydrogen-bond acceptors (Lipinski definition) is 2. The van der Waals surface area contributed by atoms with Gasteiger partial charge in [0, 0.05) is 9.75 Å². The minimum Gasteiger partial charge on any atom is -0.478 e. The zero-order valence-corrected chi connectivity index (χ0v) is 6.94. The van der Waals surface area contributed by atoms with E-state index in [9.17, 15) is 4.79 Å². The number of aliphatic carboxylic acids is 1. The smallest absolute Gasteiger partial charge is 0.336 e. The van der Waals surface area contributed by atoms with Crippen LogP contribution in [0.3, 0.4) is 0 Å². The number of carboxylic acids is 1. The van der Waals surface area contributed by atoms with E-state index in [-0.39, 0.29) is 5.57 Å². The van der Waals surface area contributed by atoms with E-state index in [4.69, 9.17) is 5.11 Å². The van der Waals surface area contributed by atoms with Crippen LogP contribution in [0.4, 0.5) is 0 Å². The van der Waals surface area contributed by atoms with Crippen LogP contribution >= 0.6 is 11.3 Å². The summed E-state index contributed by atoms with van der Waals surface area (Å²) in [5.41, 5.74) is 0.170. The van der Waals surface area contributed by atoms with Gasteiger partial charge in [0.15, 0.2) is 0 Å². The van der Waals surface area contributed by atoms with E-state index in [0.717, 1.165) is 9.75 Å². The van der Waals surface area contributed by atoms with Gasteiger partial charge in [0.05, 0.1) is 5.57 Å². The fourth-order valence-corrected chi connectivity index (χ4v) is 1.53. The third-order valence-electron chi connectivity index (χ3n) is 1.30. The molecule has 0 bridgehead atoms. The lowest BCUT2D eigenvalue weighted by molar-refractivity contribution is -0.130. The Morgan fingerprint density at radius 3 is 2.64 bits per heavy atom. The summed E-state index contributed by atoms with van der Waals surface area (Å²) < 4.78 is 0. The number of rotatable bonds is 2. The molecule has 58 valence electrons. The molecule has 0 atom stereocenters. The standard InChI is InChI=1S/C8H8O2S/c1-5-3-4-7(11-5)6(2)8(9)10/h3-4H,2H2,1H3,(H,9,10). The summed E-state index contributed by atoms with van der Waals surface area (Å²) in [5.74, 6) is -0.952. The average molecular weight is 168 g/mol. The lowest BCUT2D eigenvalue weighted by atomic mass is 10.2. The first-order chi connectivity index (χ1) is 5.11. The van der Waals surface area contributed by atoms with E-state index in [1.54, 1.807) is 6.07 Å². The van der Waals surface area contributed by atoms with Gasteiger partial charge in [-0.1, -0.05) is 6.58 Å². The van der Waals surface area contributed by atoms with Crippen molar-refractivity contribution in [2.24, 2.45) is 0 Å². The SMILES string of the molecule is C=C(C(=O)O)c1ccc(C)s1.